The highest BCUT2D eigenvalue weighted by atomic mass is 35.5. The minimum Gasteiger partial charge on any atom is -1.00 e. The van der Waals surface area contributed by atoms with Crippen molar-refractivity contribution in [1.29, 1.82) is 0 Å². The number of nitrogens with zero attached hydrogens (tertiary/aromatic N) is 1. The number of halogens is 2. The SMILES string of the molecule is CC[N+](CC)(CC)CCCCCC/C=C(/C)Cl.[Cl-]. The average molecular weight is 296 g/mol. The van der Waals surface area contributed by atoms with Crippen LogP contribution in [0.25, 0.3) is 0 Å². The van der Waals surface area contributed by atoms with Gasteiger partial charge in [-0.1, -0.05) is 24.1 Å². The van der Waals surface area contributed by atoms with Gasteiger partial charge in [-0.25, -0.2) is 0 Å². The summed E-state index contributed by atoms with van der Waals surface area (Å²) < 4.78 is 1.29. The maximum atomic E-state index is 5.79. The molecule has 0 heterocycles. The number of quaternary nitrogens is 1. The van der Waals surface area contributed by atoms with Crippen LogP contribution in [0.1, 0.15) is 59.8 Å². The lowest BCUT2D eigenvalue weighted by Gasteiger charge is -2.35. The Bertz CT molecular complexity index is 198. The first kappa shape index (κ1) is 20.6. The third kappa shape index (κ3) is 9.24. The zero-order chi connectivity index (χ0) is 13.1. The van der Waals surface area contributed by atoms with Crippen molar-refractivity contribution in [2.45, 2.75) is 59.8 Å². The normalized spacial score (nSPS) is 12.4. The van der Waals surface area contributed by atoms with Crippen LogP contribution in [0.3, 0.4) is 0 Å². The first-order valence-electron chi connectivity index (χ1n) is 7.27. The molecule has 0 bridgehead atoms. The fraction of sp³-hybridized carbons (Fsp3) is 0.867. The highest BCUT2D eigenvalue weighted by Crippen LogP contribution is 2.12. The highest BCUT2D eigenvalue weighted by Gasteiger charge is 2.19. The molecule has 3 heteroatoms. The van der Waals surface area contributed by atoms with Gasteiger partial charge >= 0.3 is 0 Å². The van der Waals surface area contributed by atoms with Gasteiger partial charge in [0.15, 0.2) is 0 Å². The Morgan fingerprint density at radius 3 is 1.89 bits per heavy atom. The molecule has 0 aromatic heterocycles. The summed E-state index contributed by atoms with van der Waals surface area (Å²) in [5, 5.41) is 0.934. The summed E-state index contributed by atoms with van der Waals surface area (Å²) >= 11 is 5.79. The minimum atomic E-state index is 0. The van der Waals surface area contributed by atoms with E-state index in [1.807, 2.05) is 6.92 Å². The molecule has 1 nitrogen and oxygen atoms in total. The molecule has 0 unspecified atom stereocenters. The molecule has 0 aliphatic carbocycles. The van der Waals surface area contributed by atoms with Crippen molar-refractivity contribution in [3.05, 3.63) is 11.1 Å². The van der Waals surface area contributed by atoms with Crippen LogP contribution in [0.2, 0.25) is 0 Å². The minimum absolute atomic E-state index is 0. The van der Waals surface area contributed by atoms with E-state index in [9.17, 15) is 0 Å². The number of rotatable bonds is 10. The molecule has 0 amide bonds. The van der Waals surface area contributed by atoms with Crippen molar-refractivity contribution in [3.63, 3.8) is 0 Å². The van der Waals surface area contributed by atoms with Gasteiger partial charge in [0, 0.05) is 5.03 Å². The third-order valence-corrected chi connectivity index (χ3v) is 4.18. The van der Waals surface area contributed by atoms with Crippen molar-refractivity contribution in [2.75, 3.05) is 26.2 Å². The number of allylic oxidation sites excluding steroid dienone is 2. The van der Waals surface area contributed by atoms with Crippen LogP contribution >= 0.6 is 11.6 Å². The molecule has 0 aliphatic heterocycles. The molecule has 0 aromatic carbocycles. The Morgan fingerprint density at radius 1 is 0.944 bits per heavy atom. The summed E-state index contributed by atoms with van der Waals surface area (Å²) in [6.07, 6.45) is 8.65. The molecule has 0 saturated heterocycles. The molecule has 0 rings (SSSR count). The summed E-state index contributed by atoms with van der Waals surface area (Å²) in [6.45, 7) is 14.1. The summed E-state index contributed by atoms with van der Waals surface area (Å²) in [5.74, 6) is 0. The number of hydrogen-bond acceptors (Lipinski definition) is 0. The highest BCUT2D eigenvalue weighted by molar-refractivity contribution is 6.29. The summed E-state index contributed by atoms with van der Waals surface area (Å²) in [4.78, 5) is 0. The van der Waals surface area contributed by atoms with Gasteiger partial charge in [-0.2, -0.15) is 0 Å². The van der Waals surface area contributed by atoms with Crippen molar-refractivity contribution < 1.29 is 16.9 Å². The van der Waals surface area contributed by atoms with Crippen molar-refractivity contribution >= 4 is 11.6 Å². The Kier molecular flexibility index (Phi) is 14.1. The maximum absolute atomic E-state index is 5.79. The molecule has 0 saturated carbocycles. The molecule has 0 radical (unpaired) electrons. The average Bonchev–Trinajstić information content (AvgIpc) is 2.33. The molecule has 0 fully saturated rings. The second-order valence-corrected chi connectivity index (χ2v) is 5.60. The molecule has 110 valence electrons. The van der Waals surface area contributed by atoms with Crippen LogP contribution in [0.15, 0.2) is 11.1 Å². The largest absolute Gasteiger partial charge is 1.00 e. The predicted molar refractivity (Wildman–Crippen MR) is 79.4 cm³/mol. The molecule has 0 atom stereocenters. The lowest BCUT2D eigenvalue weighted by molar-refractivity contribution is -0.923. The Balaban J connectivity index is 0. The second kappa shape index (κ2) is 12.3. The molecule has 0 N–H and O–H groups in total. The Labute approximate surface area is 126 Å². The van der Waals surface area contributed by atoms with Crippen molar-refractivity contribution in [2.24, 2.45) is 0 Å². The maximum Gasteiger partial charge on any atom is 0.0786 e. The zero-order valence-electron chi connectivity index (χ0n) is 12.6. The molecule has 0 aromatic rings. The lowest BCUT2D eigenvalue weighted by atomic mass is 10.1. The number of unbranched alkanes of at least 4 members (excludes halogenated alkanes) is 4. The fourth-order valence-electron chi connectivity index (χ4n) is 2.39. The van der Waals surface area contributed by atoms with E-state index in [0.717, 1.165) is 11.5 Å². The van der Waals surface area contributed by atoms with Gasteiger partial charge in [-0.05, 0) is 53.4 Å². The standard InChI is InChI=1S/C15H31ClN.ClH/c1-5-17(6-2,7-3)14-12-10-8-9-11-13-15(4)16;/h13H,5-12,14H2,1-4H3;1H/q+1;/p-1/b15-13-;. The zero-order valence-corrected chi connectivity index (χ0v) is 14.2. The van der Waals surface area contributed by atoms with E-state index in [1.165, 1.54) is 56.3 Å². The lowest BCUT2D eigenvalue weighted by Crippen LogP contribution is -3.00. The Hall–Kier alpha value is 0.280. The van der Waals surface area contributed by atoms with Crippen LogP contribution in [0.5, 0.6) is 0 Å². The van der Waals surface area contributed by atoms with Crippen molar-refractivity contribution in [1.82, 2.24) is 0 Å². The predicted octanol–water partition coefficient (Wildman–Crippen LogP) is 1.96. The molecular formula is C15H31Cl2N. The molecular weight excluding hydrogens is 265 g/mol. The fourth-order valence-corrected chi connectivity index (χ4v) is 2.50. The van der Waals surface area contributed by atoms with Gasteiger partial charge in [-0.15, -0.1) is 0 Å². The Morgan fingerprint density at radius 2 is 1.44 bits per heavy atom. The van der Waals surface area contributed by atoms with Gasteiger partial charge in [-0.3, -0.25) is 0 Å². The van der Waals surface area contributed by atoms with Crippen LogP contribution in [0, 0.1) is 0 Å². The van der Waals surface area contributed by atoms with E-state index in [1.54, 1.807) is 0 Å². The number of hydrogen-bond donors (Lipinski definition) is 0. The van der Waals surface area contributed by atoms with Crippen LogP contribution in [0.4, 0.5) is 0 Å². The monoisotopic (exact) mass is 295 g/mol. The first-order chi connectivity index (χ1) is 8.10. The van der Waals surface area contributed by atoms with Crippen molar-refractivity contribution in [3.8, 4) is 0 Å². The van der Waals surface area contributed by atoms with Crippen LogP contribution in [-0.4, -0.2) is 30.7 Å². The first-order valence-corrected chi connectivity index (χ1v) is 7.65. The summed E-state index contributed by atoms with van der Waals surface area (Å²) in [6, 6.07) is 0. The smallest absolute Gasteiger partial charge is 0.0786 e. The third-order valence-electron chi connectivity index (χ3n) is 4.02. The van der Waals surface area contributed by atoms with E-state index < -0.39 is 0 Å². The quantitative estimate of drug-likeness (QED) is 0.427. The van der Waals surface area contributed by atoms with E-state index in [4.69, 9.17) is 11.6 Å². The van der Waals surface area contributed by atoms with E-state index in [-0.39, 0.29) is 12.4 Å². The molecule has 0 aliphatic rings. The summed E-state index contributed by atoms with van der Waals surface area (Å²) in [7, 11) is 0. The van der Waals surface area contributed by atoms with Gasteiger partial charge in [0.25, 0.3) is 0 Å². The van der Waals surface area contributed by atoms with Crippen LogP contribution < -0.4 is 12.4 Å². The van der Waals surface area contributed by atoms with Gasteiger partial charge in [0.2, 0.25) is 0 Å². The summed E-state index contributed by atoms with van der Waals surface area (Å²) in [5.41, 5.74) is 0. The van der Waals surface area contributed by atoms with Gasteiger partial charge in [0.1, 0.15) is 0 Å². The second-order valence-electron chi connectivity index (χ2n) is 5.01. The van der Waals surface area contributed by atoms with E-state index in [0.29, 0.717) is 0 Å². The van der Waals surface area contributed by atoms with Gasteiger partial charge < -0.3 is 16.9 Å². The molecule has 0 spiro atoms. The van der Waals surface area contributed by atoms with E-state index >= 15 is 0 Å². The topological polar surface area (TPSA) is 0 Å². The van der Waals surface area contributed by atoms with E-state index in [2.05, 4.69) is 26.8 Å². The van der Waals surface area contributed by atoms with Crippen LogP contribution in [-0.2, 0) is 0 Å². The molecule has 18 heavy (non-hydrogen) atoms. The van der Waals surface area contributed by atoms with Gasteiger partial charge in [0.05, 0.1) is 26.2 Å².